The highest BCUT2D eigenvalue weighted by Crippen LogP contribution is 2.37. The third-order valence-corrected chi connectivity index (χ3v) is 4.03. The van der Waals surface area contributed by atoms with Gasteiger partial charge in [-0.05, 0) is 47.0 Å². The Balaban J connectivity index is 2.63. The summed E-state index contributed by atoms with van der Waals surface area (Å²) in [5, 5.41) is 12.1. The zero-order valence-corrected chi connectivity index (χ0v) is 14.2. The number of carbonyl (C=O) groups excluding carboxylic acids is 1. The third kappa shape index (κ3) is 5.47. The van der Waals surface area contributed by atoms with Crippen LogP contribution in [0.1, 0.15) is 60.3 Å². The number of urea groups is 1. The van der Waals surface area contributed by atoms with Gasteiger partial charge >= 0.3 is 6.03 Å². The van der Waals surface area contributed by atoms with Gasteiger partial charge in [0.2, 0.25) is 0 Å². The standard InChI is InChI=1S/C16H32N2O3/c1-6-7-9-18(10-8-11-19)14(20)17-13-12-15(2,3)21-16(13,4)5/h13,19H,6-12H2,1-5H3,(H,17,20). The van der Waals surface area contributed by atoms with Gasteiger partial charge in [-0.2, -0.15) is 0 Å². The van der Waals surface area contributed by atoms with E-state index < -0.39 is 0 Å². The van der Waals surface area contributed by atoms with Gasteiger partial charge < -0.3 is 20.1 Å². The van der Waals surface area contributed by atoms with Gasteiger partial charge in [0.1, 0.15) is 0 Å². The summed E-state index contributed by atoms with van der Waals surface area (Å²) >= 11 is 0. The lowest BCUT2D eigenvalue weighted by atomic mass is 9.94. The fourth-order valence-electron chi connectivity index (χ4n) is 2.95. The molecule has 0 aliphatic carbocycles. The Morgan fingerprint density at radius 3 is 2.38 bits per heavy atom. The van der Waals surface area contributed by atoms with Crippen LogP contribution in [0.3, 0.4) is 0 Å². The van der Waals surface area contributed by atoms with E-state index in [0.717, 1.165) is 25.8 Å². The van der Waals surface area contributed by atoms with Crippen LogP contribution >= 0.6 is 0 Å². The second-order valence-electron chi connectivity index (χ2n) is 7.09. The van der Waals surface area contributed by atoms with Crippen molar-refractivity contribution in [3.63, 3.8) is 0 Å². The molecule has 0 bridgehead atoms. The summed E-state index contributed by atoms with van der Waals surface area (Å²) in [5.74, 6) is 0. The Labute approximate surface area is 129 Å². The van der Waals surface area contributed by atoms with E-state index in [4.69, 9.17) is 9.84 Å². The monoisotopic (exact) mass is 300 g/mol. The highest BCUT2D eigenvalue weighted by Gasteiger charge is 2.46. The summed E-state index contributed by atoms with van der Waals surface area (Å²) in [5.41, 5.74) is -0.562. The predicted molar refractivity (Wildman–Crippen MR) is 84.4 cm³/mol. The first-order valence-electron chi connectivity index (χ1n) is 8.08. The largest absolute Gasteiger partial charge is 0.396 e. The van der Waals surface area contributed by atoms with Gasteiger partial charge in [-0.3, -0.25) is 0 Å². The second kappa shape index (κ2) is 7.45. The molecule has 124 valence electrons. The van der Waals surface area contributed by atoms with Crippen molar-refractivity contribution in [1.29, 1.82) is 0 Å². The Morgan fingerprint density at radius 1 is 1.29 bits per heavy atom. The molecule has 0 radical (unpaired) electrons. The molecule has 1 aliphatic heterocycles. The van der Waals surface area contributed by atoms with Crippen LogP contribution in [0, 0.1) is 0 Å². The molecule has 5 heteroatoms. The Kier molecular flexibility index (Phi) is 6.47. The molecule has 0 aromatic carbocycles. The van der Waals surface area contributed by atoms with E-state index in [9.17, 15) is 4.79 Å². The lowest BCUT2D eigenvalue weighted by Gasteiger charge is -2.30. The molecule has 2 amide bonds. The van der Waals surface area contributed by atoms with Gasteiger partial charge in [-0.25, -0.2) is 4.79 Å². The summed E-state index contributed by atoms with van der Waals surface area (Å²) in [6, 6.07) is -0.0328. The highest BCUT2D eigenvalue weighted by molar-refractivity contribution is 5.74. The minimum absolute atomic E-state index is 0.0123. The predicted octanol–water partition coefficient (Wildman–Crippen LogP) is 2.53. The summed E-state index contributed by atoms with van der Waals surface area (Å²) < 4.78 is 6.02. The maximum absolute atomic E-state index is 12.5. The number of hydrogen-bond donors (Lipinski definition) is 2. The molecule has 0 aromatic heterocycles. The Hall–Kier alpha value is -0.810. The molecule has 1 heterocycles. The van der Waals surface area contributed by atoms with Crippen molar-refractivity contribution in [1.82, 2.24) is 10.2 Å². The zero-order valence-electron chi connectivity index (χ0n) is 14.2. The molecule has 5 nitrogen and oxygen atoms in total. The first kappa shape index (κ1) is 18.2. The topological polar surface area (TPSA) is 61.8 Å². The molecule has 2 N–H and O–H groups in total. The Morgan fingerprint density at radius 2 is 1.90 bits per heavy atom. The van der Waals surface area contributed by atoms with Crippen molar-refractivity contribution < 1.29 is 14.6 Å². The van der Waals surface area contributed by atoms with Gasteiger partial charge in [0.15, 0.2) is 0 Å². The number of hydrogen-bond acceptors (Lipinski definition) is 3. The van der Waals surface area contributed by atoms with Gasteiger partial charge in [0.05, 0.1) is 17.2 Å². The van der Waals surface area contributed by atoms with Crippen LogP contribution in [0.25, 0.3) is 0 Å². The van der Waals surface area contributed by atoms with Gasteiger partial charge in [0, 0.05) is 19.7 Å². The van der Waals surface area contributed by atoms with Crippen LogP contribution in [0.5, 0.6) is 0 Å². The number of aliphatic hydroxyl groups is 1. The molecule has 0 aromatic rings. The van der Waals surface area contributed by atoms with Crippen molar-refractivity contribution in [3.8, 4) is 0 Å². The number of ether oxygens (including phenoxy) is 1. The van der Waals surface area contributed by atoms with E-state index in [1.807, 2.05) is 13.8 Å². The van der Waals surface area contributed by atoms with Crippen molar-refractivity contribution in [3.05, 3.63) is 0 Å². The van der Waals surface area contributed by atoms with Crippen LogP contribution in [-0.4, -0.2) is 53.0 Å². The van der Waals surface area contributed by atoms with Crippen LogP contribution in [-0.2, 0) is 4.74 Å². The summed E-state index contributed by atoms with van der Waals surface area (Å²) in [4.78, 5) is 14.3. The number of unbranched alkanes of at least 4 members (excludes halogenated alkanes) is 1. The van der Waals surface area contributed by atoms with Crippen LogP contribution in [0.15, 0.2) is 0 Å². The lowest BCUT2D eigenvalue weighted by Crippen LogP contribution is -2.51. The first-order chi connectivity index (χ1) is 9.72. The molecule has 1 saturated heterocycles. The average molecular weight is 300 g/mol. The third-order valence-electron chi connectivity index (χ3n) is 4.03. The van der Waals surface area contributed by atoms with Gasteiger partial charge in [-0.1, -0.05) is 13.3 Å². The second-order valence-corrected chi connectivity index (χ2v) is 7.09. The van der Waals surface area contributed by atoms with Crippen molar-refractivity contribution in [2.24, 2.45) is 0 Å². The number of nitrogens with zero attached hydrogens (tertiary/aromatic N) is 1. The van der Waals surface area contributed by atoms with Crippen LogP contribution < -0.4 is 5.32 Å². The number of amides is 2. The average Bonchev–Trinajstić information content (AvgIpc) is 2.57. The summed E-state index contributed by atoms with van der Waals surface area (Å²) in [6.45, 7) is 11.7. The van der Waals surface area contributed by atoms with E-state index in [0.29, 0.717) is 13.0 Å². The fraction of sp³-hybridized carbons (Fsp3) is 0.938. The van der Waals surface area contributed by atoms with E-state index >= 15 is 0 Å². The molecule has 1 fully saturated rings. The van der Waals surface area contributed by atoms with Crippen molar-refractivity contribution in [2.45, 2.75) is 77.5 Å². The van der Waals surface area contributed by atoms with Crippen LogP contribution in [0.2, 0.25) is 0 Å². The van der Waals surface area contributed by atoms with E-state index in [-0.39, 0.29) is 29.9 Å². The molecule has 0 spiro atoms. The van der Waals surface area contributed by atoms with Crippen molar-refractivity contribution >= 4 is 6.03 Å². The van der Waals surface area contributed by atoms with Gasteiger partial charge in [-0.15, -0.1) is 0 Å². The fourth-order valence-corrected chi connectivity index (χ4v) is 2.95. The smallest absolute Gasteiger partial charge is 0.317 e. The number of aliphatic hydroxyl groups excluding tert-OH is 1. The molecular weight excluding hydrogens is 268 g/mol. The quantitative estimate of drug-likeness (QED) is 0.759. The molecule has 1 atom stereocenters. The maximum atomic E-state index is 12.5. The molecule has 21 heavy (non-hydrogen) atoms. The minimum Gasteiger partial charge on any atom is -0.396 e. The van der Waals surface area contributed by atoms with E-state index in [1.165, 1.54) is 0 Å². The SMILES string of the molecule is CCCCN(CCCO)C(=O)NC1CC(C)(C)OC1(C)C. The van der Waals surface area contributed by atoms with E-state index in [1.54, 1.807) is 4.90 Å². The molecule has 1 rings (SSSR count). The number of rotatable bonds is 7. The summed E-state index contributed by atoms with van der Waals surface area (Å²) in [6.07, 6.45) is 3.46. The van der Waals surface area contributed by atoms with Gasteiger partial charge in [0.25, 0.3) is 0 Å². The first-order valence-corrected chi connectivity index (χ1v) is 8.08. The maximum Gasteiger partial charge on any atom is 0.317 e. The number of nitrogens with one attached hydrogen (secondary N) is 1. The summed E-state index contributed by atoms with van der Waals surface area (Å²) in [7, 11) is 0. The minimum atomic E-state index is -0.355. The molecule has 1 aliphatic rings. The highest BCUT2D eigenvalue weighted by atomic mass is 16.5. The van der Waals surface area contributed by atoms with E-state index in [2.05, 4.69) is 26.1 Å². The number of carbonyl (C=O) groups is 1. The Bertz CT molecular complexity index is 334. The molecule has 0 saturated carbocycles. The van der Waals surface area contributed by atoms with Crippen molar-refractivity contribution in [2.75, 3.05) is 19.7 Å². The lowest BCUT2D eigenvalue weighted by molar-refractivity contribution is -0.0692. The molecular formula is C16H32N2O3. The molecule has 1 unspecified atom stereocenters. The normalized spacial score (nSPS) is 23.0. The van der Waals surface area contributed by atoms with Crippen LogP contribution in [0.4, 0.5) is 4.79 Å². The zero-order chi connectivity index (χ0) is 16.1.